The molecule has 2 rings (SSSR count). The van der Waals surface area contributed by atoms with Gasteiger partial charge in [-0.1, -0.05) is 0 Å². The molecular weight excluding hydrogens is 270 g/mol. The summed E-state index contributed by atoms with van der Waals surface area (Å²) < 4.78 is 7.16. The number of rotatable bonds is 8. The fraction of sp³-hybridized carbons (Fsp3) is 0.538. The van der Waals surface area contributed by atoms with Crippen molar-refractivity contribution in [1.29, 1.82) is 0 Å². The van der Waals surface area contributed by atoms with Crippen LogP contribution >= 0.6 is 0 Å². The van der Waals surface area contributed by atoms with Crippen LogP contribution in [0.1, 0.15) is 13.8 Å². The smallest absolute Gasteiger partial charge is 0.241 e. The lowest BCUT2D eigenvalue weighted by Crippen LogP contribution is -2.29. The summed E-state index contributed by atoms with van der Waals surface area (Å²) in [5.41, 5.74) is 0. The van der Waals surface area contributed by atoms with Crippen molar-refractivity contribution in [3.63, 3.8) is 0 Å². The molecule has 0 bridgehead atoms. The predicted octanol–water partition coefficient (Wildman–Crippen LogP) is 0.962. The van der Waals surface area contributed by atoms with Gasteiger partial charge >= 0.3 is 0 Å². The SMILES string of the molecule is CCOCCN(CC)c1nc(NC)nc(-n2ccnc2)n1. The quantitative estimate of drug-likeness (QED) is 0.725. The molecule has 0 aliphatic heterocycles. The fourth-order valence-electron chi connectivity index (χ4n) is 1.82. The van der Waals surface area contributed by atoms with Gasteiger partial charge < -0.3 is 15.0 Å². The normalized spacial score (nSPS) is 10.6. The number of likely N-dealkylation sites (N-methyl/N-ethyl adjacent to an activating group) is 1. The van der Waals surface area contributed by atoms with E-state index in [1.165, 1.54) is 0 Å². The van der Waals surface area contributed by atoms with E-state index in [9.17, 15) is 0 Å². The van der Waals surface area contributed by atoms with Crippen molar-refractivity contribution >= 4 is 11.9 Å². The first-order valence-corrected chi connectivity index (χ1v) is 7.03. The minimum Gasteiger partial charge on any atom is -0.380 e. The molecule has 0 spiro atoms. The summed E-state index contributed by atoms with van der Waals surface area (Å²) in [5.74, 6) is 1.69. The molecule has 8 heteroatoms. The van der Waals surface area contributed by atoms with Crippen LogP contribution in [0.25, 0.3) is 5.95 Å². The topological polar surface area (TPSA) is 81.0 Å². The number of nitrogens with one attached hydrogen (secondary N) is 1. The second kappa shape index (κ2) is 7.53. The Kier molecular flexibility index (Phi) is 5.44. The Labute approximate surface area is 124 Å². The summed E-state index contributed by atoms with van der Waals surface area (Å²) in [6.07, 6.45) is 5.15. The Bertz CT molecular complexity index is 543. The molecule has 0 aliphatic rings. The Morgan fingerprint density at radius 3 is 2.76 bits per heavy atom. The van der Waals surface area contributed by atoms with E-state index in [-0.39, 0.29) is 0 Å². The molecule has 2 aromatic rings. The Hall–Kier alpha value is -2.22. The molecule has 2 heterocycles. The number of aromatic nitrogens is 5. The second-order valence-electron chi connectivity index (χ2n) is 4.26. The van der Waals surface area contributed by atoms with Crippen molar-refractivity contribution in [3.05, 3.63) is 18.7 Å². The molecule has 0 unspecified atom stereocenters. The molecule has 8 nitrogen and oxygen atoms in total. The maximum absolute atomic E-state index is 5.40. The van der Waals surface area contributed by atoms with Gasteiger partial charge in [-0.2, -0.15) is 15.0 Å². The van der Waals surface area contributed by atoms with Crippen LogP contribution in [0.3, 0.4) is 0 Å². The second-order valence-corrected chi connectivity index (χ2v) is 4.26. The largest absolute Gasteiger partial charge is 0.380 e. The highest BCUT2D eigenvalue weighted by atomic mass is 16.5. The molecule has 0 amide bonds. The van der Waals surface area contributed by atoms with Crippen molar-refractivity contribution < 1.29 is 4.74 Å². The predicted molar refractivity (Wildman–Crippen MR) is 80.9 cm³/mol. The van der Waals surface area contributed by atoms with E-state index in [0.29, 0.717) is 31.1 Å². The number of hydrogen-bond acceptors (Lipinski definition) is 7. The first-order valence-electron chi connectivity index (χ1n) is 7.03. The standard InChI is InChI=1S/C13H21N7O/c1-4-19(8-9-21-5-2)12-16-11(14-3)17-13(18-12)20-7-6-15-10-20/h6-7,10H,4-5,8-9H2,1-3H3,(H,14,16,17,18). The van der Waals surface area contributed by atoms with E-state index in [1.807, 2.05) is 6.92 Å². The van der Waals surface area contributed by atoms with Crippen molar-refractivity contribution in [2.24, 2.45) is 0 Å². The van der Waals surface area contributed by atoms with Crippen LogP contribution in [-0.4, -0.2) is 57.9 Å². The Morgan fingerprint density at radius 1 is 1.29 bits per heavy atom. The number of hydrogen-bond donors (Lipinski definition) is 1. The summed E-state index contributed by atoms with van der Waals surface area (Å²) in [7, 11) is 1.79. The Balaban J connectivity index is 2.26. The zero-order chi connectivity index (χ0) is 15.1. The average Bonchev–Trinajstić information content (AvgIpc) is 3.05. The zero-order valence-corrected chi connectivity index (χ0v) is 12.7. The minimum atomic E-state index is 0.526. The number of imidazole rings is 1. The van der Waals surface area contributed by atoms with E-state index < -0.39 is 0 Å². The zero-order valence-electron chi connectivity index (χ0n) is 12.7. The van der Waals surface area contributed by atoms with Crippen LogP contribution in [-0.2, 0) is 4.74 Å². The monoisotopic (exact) mass is 291 g/mol. The summed E-state index contributed by atoms with van der Waals surface area (Å²) in [6.45, 7) is 6.92. The Morgan fingerprint density at radius 2 is 2.14 bits per heavy atom. The van der Waals surface area contributed by atoms with Gasteiger partial charge in [0.15, 0.2) is 0 Å². The highest BCUT2D eigenvalue weighted by Crippen LogP contribution is 2.12. The average molecular weight is 291 g/mol. The molecule has 0 fully saturated rings. The third-order valence-corrected chi connectivity index (χ3v) is 2.94. The van der Waals surface area contributed by atoms with Gasteiger partial charge in [0.2, 0.25) is 17.8 Å². The van der Waals surface area contributed by atoms with Gasteiger partial charge in [-0.05, 0) is 13.8 Å². The van der Waals surface area contributed by atoms with Crippen molar-refractivity contribution in [3.8, 4) is 5.95 Å². The highest BCUT2D eigenvalue weighted by Gasteiger charge is 2.12. The number of ether oxygens (including phenoxy) is 1. The van der Waals surface area contributed by atoms with Crippen molar-refractivity contribution in [1.82, 2.24) is 24.5 Å². The summed E-state index contributed by atoms with van der Waals surface area (Å²) >= 11 is 0. The van der Waals surface area contributed by atoms with Gasteiger partial charge in [0, 0.05) is 39.1 Å². The van der Waals surface area contributed by atoms with Crippen molar-refractivity contribution in [2.75, 3.05) is 43.6 Å². The summed E-state index contributed by atoms with van der Waals surface area (Å²) in [5, 5.41) is 2.96. The first kappa shape index (κ1) is 15.2. The lowest BCUT2D eigenvalue weighted by Gasteiger charge is -2.21. The van der Waals surface area contributed by atoms with E-state index in [1.54, 1.807) is 30.3 Å². The van der Waals surface area contributed by atoms with Crippen LogP contribution in [0.2, 0.25) is 0 Å². The molecule has 0 saturated heterocycles. The first-order chi connectivity index (χ1) is 10.3. The lowest BCUT2D eigenvalue weighted by atomic mass is 10.5. The molecule has 1 N–H and O–H groups in total. The minimum absolute atomic E-state index is 0.526. The molecule has 0 radical (unpaired) electrons. The van der Waals surface area contributed by atoms with Gasteiger partial charge in [0.1, 0.15) is 6.33 Å². The van der Waals surface area contributed by atoms with Crippen LogP contribution in [0.4, 0.5) is 11.9 Å². The van der Waals surface area contributed by atoms with Crippen molar-refractivity contribution in [2.45, 2.75) is 13.8 Å². The van der Waals surface area contributed by atoms with E-state index >= 15 is 0 Å². The molecular formula is C13H21N7O. The third kappa shape index (κ3) is 3.88. The third-order valence-electron chi connectivity index (χ3n) is 2.94. The fourth-order valence-corrected chi connectivity index (χ4v) is 1.82. The van der Waals surface area contributed by atoms with Gasteiger partial charge in [-0.3, -0.25) is 4.57 Å². The molecule has 0 aliphatic carbocycles. The number of anilines is 2. The summed E-state index contributed by atoms with van der Waals surface area (Å²) in [6, 6.07) is 0. The molecule has 0 atom stereocenters. The molecule has 21 heavy (non-hydrogen) atoms. The maximum Gasteiger partial charge on any atom is 0.241 e. The van der Waals surface area contributed by atoms with E-state index in [2.05, 4.69) is 37.1 Å². The van der Waals surface area contributed by atoms with E-state index in [4.69, 9.17) is 4.74 Å². The number of nitrogens with zero attached hydrogens (tertiary/aromatic N) is 6. The maximum atomic E-state index is 5.40. The van der Waals surface area contributed by atoms with Gasteiger partial charge in [0.05, 0.1) is 6.61 Å². The van der Waals surface area contributed by atoms with Gasteiger partial charge in [0.25, 0.3) is 0 Å². The van der Waals surface area contributed by atoms with Crippen LogP contribution in [0, 0.1) is 0 Å². The summed E-state index contributed by atoms with van der Waals surface area (Å²) in [4.78, 5) is 19.3. The molecule has 0 saturated carbocycles. The van der Waals surface area contributed by atoms with Gasteiger partial charge in [-0.25, -0.2) is 4.98 Å². The highest BCUT2D eigenvalue weighted by molar-refractivity contribution is 5.39. The van der Waals surface area contributed by atoms with Crippen LogP contribution < -0.4 is 10.2 Å². The van der Waals surface area contributed by atoms with E-state index in [0.717, 1.165) is 13.1 Å². The molecule has 114 valence electrons. The molecule has 0 aromatic carbocycles. The van der Waals surface area contributed by atoms with Crippen LogP contribution in [0.5, 0.6) is 0 Å². The molecule has 2 aromatic heterocycles. The lowest BCUT2D eigenvalue weighted by molar-refractivity contribution is 0.153. The van der Waals surface area contributed by atoms with Gasteiger partial charge in [-0.15, -0.1) is 0 Å². The van der Waals surface area contributed by atoms with Crippen LogP contribution in [0.15, 0.2) is 18.7 Å².